The van der Waals surface area contributed by atoms with E-state index in [0.717, 1.165) is 60.7 Å². The van der Waals surface area contributed by atoms with E-state index in [2.05, 4.69) is 47.6 Å². The zero-order valence-electron chi connectivity index (χ0n) is 26.0. The Hall–Kier alpha value is -0.500. The Kier molecular flexibility index (Phi) is 9.19. The van der Waals surface area contributed by atoms with Gasteiger partial charge in [0.15, 0.2) is 6.29 Å². The van der Waals surface area contributed by atoms with Gasteiger partial charge in [0, 0.05) is 0 Å². The fourth-order valence-electron chi connectivity index (χ4n) is 10.1. The molecule has 0 unspecified atom stereocenters. The summed E-state index contributed by atoms with van der Waals surface area (Å²) in [6.45, 7) is 14.4. The van der Waals surface area contributed by atoms with E-state index in [1.54, 1.807) is 0 Å². The molecular weight excluding hydrogens is 504 g/mol. The van der Waals surface area contributed by atoms with Gasteiger partial charge in [-0.3, -0.25) is 0 Å². The number of fused-ring (bicyclic) bond motifs is 5. The molecular formula is C34H58O6. The third-order valence-electron chi connectivity index (χ3n) is 13.2. The van der Waals surface area contributed by atoms with Crippen LogP contribution in [0.1, 0.15) is 106 Å². The van der Waals surface area contributed by atoms with Crippen LogP contribution in [-0.4, -0.2) is 63.8 Å². The highest BCUT2D eigenvalue weighted by molar-refractivity contribution is 5.25. The summed E-state index contributed by atoms with van der Waals surface area (Å²) in [5.41, 5.74) is 2.19. The highest BCUT2D eigenvalue weighted by atomic mass is 16.7. The fraction of sp³-hybridized carbons (Fsp3) is 0.941. The van der Waals surface area contributed by atoms with Gasteiger partial charge in [-0.2, -0.15) is 0 Å². The number of hydrogen-bond acceptors (Lipinski definition) is 6. The largest absolute Gasteiger partial charge is 0.394 e. The molecule has 40 heavy (non-hydrogen) atoms. The van der Waals surface area contributed by atoms with Gasteiger partial charge in [-0.15, -0.1) is 0 Å². The average molecular weight is 563 g/mol. The predicted octanol–water partition coefficient (Wildman–Crippen LogP) is 5.46. The number of ether oxygens (including phenoxy) is 2. The van der Waals surface area contributed by atoms with E-state index in [1.807, 2.05) is 0 Å². The number of rotatable bonds is 8. The maximum atomic E-state index is 10.5. The van der Waals surface area contributed by atoms with Crippen molar-refractivity contribution in [3.05, 3.63) is 11.6 Å². The molecule has 5 rings (SSSR count). The van der Waals surface area contributed by atoms with Crippen molar-refractivity contribution in [3.8, 4) is 0 Å². The maximum absolute atomic E-state index is 10.5. The second kappa shape index (κ2) is 11.9. The monoisotopic (exact) mass is 562 g/mol. The van der Waals surface area contributed by atoms with Crippen molar-refractivity contribution in [2.24, 2.45) is 52.3 Å². The van der Waals surface area contributed by atoms with Crippen LogP contribution in [0.3, 0.4) is 0 Å². The van der Waals surface area contributed by atoms with E-state index in [1.165, 1.54) is 50.5 Å². The van der Waals surface area contributed by atoms with E-state index in [4.69, 9.17) is 9.47 Å². The summed E-state index contributed by atoms with van der Waals surface area (Å²) in [7, 11) is 0. The lowest BCUT2D eigenvalue weighted by atomic mass is 9.47. The van der Waals surface area contributed by atoms with Crippen molar-refractivity contribution in [2.45, 2.75) is 143 Å². The van der Waals surface area contributed by atoms with E-state index in [0.29, 0.717) is 5.41 Å². The first-order valence-corrected chi connectivity index (χ1v) is 16.6. The molecule has 0 amide bonds. The zero-order chi connectivity index (χ0) is 29.0. The van der Waals surface area contributed by atoms with Crippen LogP contribution in [0.15, 0.2) is 11.6 Å². The van der Waals surface area contributed by atoms with Crippen molar-refractivity contribution in [1.82, 2.24) is 0 Å². The minimum Gasteiger partial charge on any atom is -0.394 e. The topological polar surface area (TPSA) is 99.4 Å². The Balaban J connectivity index is 1.24. The lowest BCUT2D eigenvalue weighted by Crippen LogP contribution is -2.60. The van der Waals surface area contributed by atoms with E-state index in [9.17, 15) is 20.4 Å². The molecule has 4 N–H and O–H groups in total. The third kappa shape index (κ3) is 5.36. The summed E-state index contributed by atoms with van der Waals surface area (Å²) >= 11 is 0. The molecule has 0 aromatic rings. The Morgan fingerprint density at radius 2 is 1.68 bits per heavy atom. The van der Waals surface area contributed by atoms with Gasteiger partial charge in [0.1, 0.15) is 24.4 Å². The second-order valence-electron chi connectivity index (χ2n) is 15.5. The summed E-state index contributed by atoms with van der Waals surface area (Å²) in [5.74, 6) is 5.60. The Morgan fingerprint density at radius 3 is 2.38 bits per heavy atom. The molecule has 1 saturated heterocycles. The molecule has 3 saturated carbocycles. The molecule has 14 atom stereocenters. The summed E-state index contributed by atoms with van der Waals surface area (Å²) in [6, 6.07) is 0. The van der Waals surface area contributed by atoms with E-state index >= 15 is 0 Å². The van der Waals surface area contributed by atoms with Crippen LogP contribution in [0.5, 0.6) is 0 Å². The smallest absolute Gasteiger partial charge is 0.186 e. The minimum absolute atomic E-state index is 0.101. The molecule has 0 radical (unpaired) electrons. The van der Waals surface area contributed by atoms with Gasteiger partial charge < -0.3 is 29.9 Å². The molecule has 1 heterocycles. The van der Waals surface area contributed by atoms with Gasteiger partial charge >= 0.3 is 0 Å². The van der Waals surface area contributed by atoms with Crippen LogP contribution in [0.2, 0.25) is 0 Å². The Bertz CT molecular complexity index is 903. The van der Waals surface area contributed by atoms with Gasteiger partial charge in [0.25, 0.3) is 0 Å². The first-order valence-electron chi connectivity index (χ1n) is 16.6. The molecule has 230 valence electrons. The van der Waals surface area contributed by atoms with Crippen LogP contribution >= 0.6 is 0 Å². The second-order valence-corrected chi connectivity index (χ2v) is 15.5. The number of aliphatic hydroxyl groups excluding tert-OH is 4. The van der Waals surface area contributed by atoms with Crippen LogP contribution in [0.25, 0.3) is 0 Å². The van der Waals surface area contributed by atoms with Crippen molar-refractivity contribution >= 4 is 0 Å². The average Bonchev–Trinajstić information content (AvgIpc) is 3.29. The highest BCUT2D eigenvalue weighted by Gasteiger charge is 2.59. The lowest BCUT2D eigenvalue weighted by molar-refractivity contribution is -0.313. The van der Waals surface area contributed by atoms with Crippen molar-refractivity contribution in [1.29, 1.82) is 0 Å². The molecule has 4 aliphatic carbocycles. The highest BCUT2D eigenvalue weighted by Crippen LogP contribution is 2.67. The van der Waals surface area contributed by atoms with E-state index in [-0.39, 0.29) is 11.5 Å². The molecule has 1 aliphatic heterocycles. The lowest BCUT2D eigenvalue weighted by Gasteiger charge is -2.58. The van der Waals surface area contributed by atoms with Crippen LogP contribution in [0.4, 0.5) is 0 Å². The molecule has 6 nitrogen and oxygen atoms in total. The standard InChI is InChI=1S/C34H58O6/c1-19(2)20(3)7-8-21(4)25-11-12-26-24-10-9-22-17-23(13-15-33(22,5)27(24)14-16-34(25,26)6)39-32-31(38)30(37)29(36)28(18-35)40-32/h9,19-21,23-32,35-38H,7-8,10-18H2,1-6H3/t20-,21-,23+,24-,25-,26-,27+,28-,29-,30+,31-,32-,33+,34-/m1/s1. The van der Waals surface area contributed by atoms with Crippen LogP contribution < -0.4 is 0 Å². The van der Waals surface area contributed by atoms with Gasteiger partial charge in [-0.1, -0.05) is 66.0 Å². The number of hydrogen-bond donors (Lipinski definition) is 4. The van der Waals surface area contributed by atoms with Crippen molar-refractivity contribution in [2.75, 3.05) is 6.61 Å². The third-order valence-corrected chi connectivity index (χ3v) is 13.2. The normalized spacial score (nSPS) is 48.6. The molecule has 6 heteroatoms. The first kappa shape index (κ1) is 30.9. The summed E-state index contributed by atoms with van der Waals surface area (Å²) in [4.78, 5) is 0. The molecule has 0 bridgehead atoms. The summed E-state index contributed by atoms with van der Waals surface area (Å²) in [5, 5.41) is 40.3. The van der Waals surface area contributed by atoms with E-state index < -0.39 is 37.3 Å². The van der Waals surface area contributed by atoms with Crippen LogP contribution in [0, 0.1) is 52.3 Å². The van der Waals surface area contributed by atoms with Gasteiger partial charge in [-0.25, -0.2) is 0 Å². The molecule has 4 fully saturated rings. The molecule has 0 aromatic heterocycles. The number of allylic oxidation sites excluding steroid dienone is 1. The zero-order valence-corrected chi connectivity index (χ0v) is 26.0. The summed E-state index contributed by atoms with van der Waals surface area (Å²) < 4.78 is 11.9. The van der Waals surface area contributed by atoms with Gasteiger partial charge in [0.05, 0.1) is 12.7 Å². The Morgan fingerprint density at radius 1 is 0.925 bits per heavy atom. The quantitative estimate of drug-likeness (QED) is 0.293. The van der Waals surface area contributed by atoms with Crippen molar-refractivity contribution < 1.29 is 29.9 Å². The SMILES string of the molecule is CC(C)[C@H](C)CC[C@@H](C)[C@H]1CC[C@@H]2[C@H]3CC=C4C[C@@H](O[C@@H]5O[C@H](CO)[C@@H](O)[C@H](O)[C@H]5O)CC[C@]4(C)[C@H]3CC[C@@]21C. The minimum atomic E-state index is -1.40. The molecule has 0 spiro atoms. The predicted molar refractivity (Wildman–Crippen MR) is 156 cm³/mol. The first-order chi connectivity index (χ1) is 18.9. The molecule has 5 aliphatic rings. The summed E-state index contributed by atoms with van der Waals surface area (Å²) in [6.07, 6.45) is 8.56. The van der Waals surface area contributed by atoms with Crippen LogP contribution in [-0.2, 0) is 9.47 Å². The maximum Gasteiger partial charge on any atom is 0.186 e. The van der Waals surface area contributed by atoms with Gasteiger partial charge in [-0.05, 0) is 104 Å². The van der Waals surface area contributed by atoms with Gasteiger partial charge in [0.2, 0.25) is 0 Å². The number of aliphatic hydroxyl groups is 4. The molecule has 0 aromatic carbocycles. The fourth-order valence-corrected chi connectivity index (χ4v) is 10.1. The van der Waals surface area contributed by atoms with Crippen molar-refractivity contribution in [3.63, 3.8) is 0 Å². The Labute approximate surface area is 242 Å².